The molecule has 6 heteroatoms. The van der Waals surface area contributed by atoms with Gasteiger partial charge in [-0.3, -0.25) is 10.1 Å². The molecule has 0 aliphatic carbocycles. The van der Waals surface area contributed by atoms with Crippen LogP contribution in [0.2, 0.25) is 0 Å². The van der Waals surface area contributed by atoms with Gasteiger partial charge in [0.1, 0.15) is 11.6 Å². The number of nitrogens with one attached hydrogen (secondary N) is 1. The van der Waals surface area contributed by atoms with Crippen molar-refractivity contribution in [1.29, 1.82) is 0 Å². The van der Waals surface area contributed by atoms with Crippen LogP contribution in [0.15, 0.2) is 42.5 Å². The van der Waals surface area contributed by atoms with Gasteiger partial charge in [0.15, 0.2) is 0 Å². The van der Waals surface area contributed by atoms with Gasteiger partial charge in [-0.15, -0.1) is 0 Å². The summed E-state index contributed by atoms with van der Waals surface area (Å²) >= 11 is 0. The molecule has 0 aliphatic rings. The first-order valence-electron chi connectivity index (χ1n) is 6.38. The van der Waals surface area contributed by atoms with Crippen molar-refractivity contribution in [2.75, 3.05) is 0 Å². The third-order valence-electron chi connectivity index (χ3n) is 3.11. The first-order chi connectivity index (χ1) is 9.95. The largest absolute Gasteiger partial charge is 0.306 e. The summed E-state index contributed by atoms with van der Waals surface area (Å²) in [5, 5.41) is 13.8. The Labute approximate surface area is 120 Å². The maximum Gasteiger partial charge on any atom is 0.272 e. The van der Waals surface area contributed by atoms with E-state index in [9.17, 15) is 18.9 Å². The summed E-state index contributed by atoms with van der Waals surface area (Å²) in [6, 6.07) is 9.40. The number of non-ortho nitro benzene ring substituents is 1. The predicted molar refractivity (Wildman–Crippen MR) is 74.7 cm³/mol. The molecule has 0 spiro atoms. The topological polar surface area (TPSA) is 55.2 Å². The minimum atomic E-state index is -0.653. The van der Waals surface area contributed by atoms with Gasteiger partial charge >= 0.3 is 0 Å². The van der Waals surface area contributed by atoms with Crippen molar-refractivity contribution in [2.45, 2.75) is 19.5 Å². The highest BCUT2D eigenvalue weighted by Crippen LogP contribution is 2.18. The Morgan fingerprint density at radius 2 is 1.95 bits per heavy atom. The molecule has 0 bridgehead atoms. The standard InChI is InChI=1S/C15H14F2N2O2/c1-10(12-3-2-4-13(16)7-12)18-9-11-5-14(17)8-15(6-11)19(20)21/h2-8,10,18H,9H2,1H3/t10-/m1/s1. The number of nitro benzene ring substituents is 1. The number of nitrogens with zero attached hydrogens (tertiary/aromatic N) is 1. The van der Waals surface area contributed by atoms with Gasteiger partial charge in [-0.25, -0.2) is 8.78 Å². The lowest BCUT2D eigenvalue weighted by atomic mass is 10.1. The van der Waals surface area contributed by atoms with Crippen LogP contribution in [0, 0.1) is 21.7 Å². The molecule has 0 fully saturated rings. The Morgan fingerprint density at radius 1 is 1.19 bits per heavy atom. The normalized spacial score (nSPS) is 12.1. The molecule has 0 saturated carbocycles. The van der Waals surface area contributed by atoms with Gasteiger partial charge in [0.25, 0.3) is 5.69 Å². The molecule has 2 aromatic carbocycles. The molecular weight excluding hydrogens is 278 g/mol. The van der Waals surface area contributed by atoms with Crippen molar-refractivity contribution in [2.24, 2.45) is 0 Å². The molecule has 0 unspecified atom stereocenters. The molecule has 1 atom stereocenters. The number of hydrogen-bond donors (Lipinski definition) is 1. The van der Waals surface area contributed by atoms with E-state index in [-0.39, 0.29) is 24.1 Å². The maximum atomic E-state index is 13.3. The summed E-state index contributed by atoms with van der Waals surface area (Å²) in [5.41, 5.74) is 0.927. The maximum absolute atomic E-state index is 13.3. The molecule has 0 saturated heterocycles. The second-order valence-corrected chi connectivity index (χ2v) is 4.73. The van der Waals surface area contributed by atoms with Crippen molar-refractivity contribution in [3.05, 3.63) is 75.3 Å². The van der Waals surface area contributed by atoms with E-state index < -0.39 is 10.7 Å². The van der Waals surface area contributed by atoms with Crippen LogP contribution < -0.4 is 5.32 Å². The summed E-state index contributed by atoms with van der Waals surface area (Å²) in [7, 11) is 0. The van der Waals surface area contributed by atoms with E-state index in [0.717, 1.165) is 11.6 Å². The lowest BCUT2D eigenvalue weighted by Crippen LogP contribution is -2.18. The van der Waals surface area contributed by atoms with Crippen LogP contribution in [0.5, 0.6) is 0 Å². The molecule has 21 heavy (non-hydrogen) atoms. The second-order valence-electron chi connectivity index (χ2n) is 4.73. The number of nitro groups is 1. The summed E-state index contributed by atoms with van der Waals surface area (Å²) < 4.78 is 26.4. The van der Waals surface area contributed by atoms with Crippen molar-refractivity contribution in [3.8, 4) is 0 Å². The van der Waals surface area contributed by atoms with Crippen LogP contribution in [0.4, 0.5) is 14.5 Å². The van der Waals surface area contributed by atoms with Gasteiger partial charge in [0.05, 0.1) is 11.0 Å². The molecule has 1 N–H and O–H groups in total. The lowest BCUT2D eigenvalue weighted by Gasteiger charge is -2.14. The molecule has 0 aromatic heterocycles. The SMILES string of the molecule is C[C@@H](NCc1cc(F)cc([N+](=O)[O-])c1)c1cccc(F)c1. The molecule has 0 radical (unpaired) electrons. The minimum absolute atomic E-state index is 0.164. The Balaban J connectivity index is 2.07. The van der Waals surface area contributed by atoms with Crippen molar-refractivity contribution in [3.63, 3.8) is 0 Å². The van der Waals surface area contributed by atoms with E-state index in [2.05, 4.69) is 5.32 Å². The van der Waals surface area contributed by atoms with Gasteiger partial charge in [0, 0.05) is 18.7 Å². The average molecular weight is 292 g/mol. The monoisotopic (exact) mass is 292 g/mol. The molecule has 4 nitrogen and oxygen atoms in total. The molecule has 0 heterocycles. The fraction of sp³-hybridized carbons (Fsp3) is 0.200. The zero-order valence-corrected chi connectivity index (χ0v) is 11.3. The van der Waals surface area contributed by atoms with Gasteiger partial charge < -0.3 is 5.32 Å². The van der Waals surface area contributed by atoms with Crippen molar-refractivity contribution in [1.82, 2.24) is 5.32 Å². The first-order valence-corrected chi connectivity index (χ1v) is 6.38. The Kier molecular flexibility index (Phi) is 4.59. The molecule has 0 aliphatic heterocycles. The van der Waals surface area contributed by atoms with E-state index in [1.807, 2.05) is 6.92 Å². The summed E-state index contributed by atoms with van der Waals surface area (Å²) in [6.45, 7) is 2.08. The first kappa shape index (κ1) is 15.1. The molecule has 0 amide bonds. The fourth-order valence-electron chi connectivity index (χ4n) is 2.01. The number of halogens is 2. The highest BCUT2D eigenvalue weighted by atomic mass is 19.1. The lowest BCUT2D eigenvalue weighted by molar-refractivity contribution is -0.385. The quantitative estimate of drug-likeness (QED) is 0.675. The zero-order chi connectivity index (χ0) is 15.4. The molecule has 2 rings (SSSR count). The summed E-state index contributed by atoms with van der Waals surface area (Å²) in [5.74, 6) is -0.984. The smallest absolute Gasteiger partial charge is 0.272 e. The summed E-state index contributed by atoms with van der Waals surface area (Å²) in [4.78, 5) is 10.0. The van der Waals surface area contributed by atoms with Gasteiger partial charge in [0.2, 0.25) is 0 Å². The van der Waals surface area contributed by atoms with Crippen molar-refractivity contribution < 1.29 is 13.7 Å². The summed E-state index contributed by atoms with van der Waals surface area (Å²) in [6.07, 6.45) is 0. The molecule has 2 aromatic rings. The number of benzene rings is 2. The predicted octanol–water partition coefficient (Wildman–Crippen LogP) is 3.72. The van der Waals surface area contributed by atoms with E-state index in [1.165, 1.54) is 24.3 Å². The number of hydrogen-bond acceptors (Lipinski definition) is 3. The number of rotatable bonds is 5. The highest BCUT2D eigenvalue weighted by Gasteiger charge is 2.11. The van der Waals surface area contributed by atoms with Crippen molar-refractivity contribution >= 4 is 5.69 Å². The van der Waals surface area contributed by atoms with Crippen LogP contribution in [-0.4, -0.2) is 4.92 Å². The van der Waals surface area contributed by atoms with Crippen LogP contribution in [-0.2, 0) is 6.54 Å². The molecule has 110 valence electrons. The minimum Gasteiger partial charge on any atom is -0.306 e. The van der Waals surface area contributed by atoms with Crippen LogP contribution in [0.25, 0.3) is 0 Å². The Hall–Kier alpha value is -2.34. The Bertz CT molecular complexity index is 662. The van der Waals surface area contributed by atoms with E-state index in [0.29, 0.717) is 5.56 Å². The van der Waals surface area contributed by atoms with Gasteiger partial charge in [-0.05, 0) is 36.2 Å². The second kappa shape index (κ2) is 6.41. The fourth-order valence-corrected chi connectivity index (χ4v) is 2.01. The van der Waals surface area contributed by atoms with Crippen LogP contribution in [0.1, 0.15) is 24.1 Å². The van der Waals surface area contributed by atoms with Gasteiger partial charge in [-0.2, -0.15) is 0 Å². The third-order valence-corrected chi connectivity index (χ3v) is 3.11. The van der Waals surface area contributed by atoms with E-state index >= 15 is 0 Å². The van der Waals surface area contributed by atoms with Crippen LogP contribution in [0.3, 0.4) is 0 Å². The molecular formula is C15H14F2N2O2. The highest BCUT2D eigenvalue weighted by molar-refractivity contribution is 5.35. The van der Waals surface area contributed by atoms with Gasteiger partial charge in [-0.1, -0.05) is 12.1 Å². The third kappa shape index (κ3) is 4.06. The Morgan fingerprint density at radius 3 is 2.62 bits per heavy atom. The zero-order valence-electron chi connectivity index (χ0n) is 11.3. The van der Waals surface area contributed by atoms with E-state index in [4.69, 9.17) is 0 Å². The van der Waals surface area contributed by atoms with E-state index in [1.54, 1.807) is 12.1 Å². The van der Waals surface area contributed by atoms with Crippen LogP contribution >= 0.6 is 0 Å². The average Bonchev–Trinajstić information content (AvgIpc) is 2.44.